The molecule has 0 aliphatic heterocycles. The van der Waals surface area contributed by atoms with Crippen molar-refractivity contribution in [3.05, 3.63) is 28.2 Å². The lowest BCUT2D eigenvalue weighted by Gasteiger charge is -2.19. The second kappa shape index (κ2) is 7.66. The summed E-state index contributed by atoms with van der Waals surface area (Å²) in [4.78, 5) is 0. The van der Waals surface area contributed by atoms with Gasteiger partial charge in [-0.25, -0.2) is 8.78 Å². The minimum absolute atomic E-state index is 0.128. The zero-order chi connectivity index (χ0) is 13.5. The van der Waals surface area contributed by atoms with Gasteiger partial charge in [-0.05, 0) is 31.5 Å². The fraction of sp³-hybridized carbons (Fsp3) is 0.500. The Labute approximate surface area is 114 Å². The molecule has 1 aromatic rings. The average molecular weight is 323 g/mol. The predicted molar refractivity (Wildman–Crippen MR) is 71.6 cm³/mol. The minimum atomic E-state index is -0.629. The molecule has 6 heteroatoms. The van der Waals surface area contributed by atoms with Gasteiger partial charge < -0.3 is 15.8 Å². The molecule has 1 unspecified atom stereocenters. The second-order valence-electron chi connectivity index (χ2n) is 3.97. The van der Waals surface area contributed by atoms with Gasteiger partial charge in [-0.1, -0.05) is 15.9 Å². The first-order valence-corrected chi connectivity index (χ1v) is 6.47. The highest BCUT2D eigenvalue weighted by Gasteiger charge is 2.15. The van der Waals surface area contributed by atoms with Gasteiger partial charge in [0.15, 0.2) is 0 Å². The van der Waals surface area contributed by atoms with Crippen LogP contribution in [0.15, 0.2) is 16.6 Å². The van der Waals surface area contributed by atoms with Gasteiger partial charge in [-0.2, -0.15) is 0 Å². The molecule has 3 nitrogen and oxygen atoms in total. The quantitative estimate of drug-likeness (QED) is 0.811. The Balaban J connectivity index is 2.79. The maximum atomic E-state index is 13.6. The van der Waals surface area contributed by atoms with E-state index in [4.69, 9.17) is 10.5 Å². The summed E-state index contributed by atoms with van der Waals surface area (Å²) in [5, 5.41) is 2.83. The molecule has 1 atom stereocenters. The van der Waals surface area contributed by atoms with Crippen LogP contribution in [-0.2, 0) is 4.74 Å². The molecule has 0 aliphatic rings. The lowest BCUT2D eigenvalue weighted by Crippen LogP contribution is -2.27. The molecule has 0 saturated carbocycles. The van der Waals surface area contributed by atoms with Crippen LogP contribution < -0.4 is 11.1 Å². The monoisotopic (exact) mass is 322 g/mol. The molecule has 3 N–H and O–H groups in total. The van der Waals surface area contributed by atoms with E-state index in [0.717, 1.165) is 6.42 Å². The lowest BCUT2D eigenvalue weighted by molar-refractivity contribution is 0.182. The van der Waals surface area contributed by atoms with Crippen LogP contribution in [0, 0.1) is 11.6 Å². The van der Waals surface area contributed by atoms with Gasteiger partial charge in [0.05, 0.1) is 6.61 Å². The summed E-state index contributed by atoms with van der Waals surface area (Å²) < 4.78 is 32.7. The smallest absolute Gasteiger partial charge is 0.150 e. The second-order valence-corrected chi connectivity index (χ2v) is 4.89. The Kier molecular flexibility index (Phi) is 6.52. The highest BCUT2D eigenvalue weighted by molar-refractivity contribution is 9.10. The van der Waals surface area contributed by atoms with Crippen molar-refractivity contribution in [2.75, 3.05) is 25.6 Å². The van der Waals surface area contributed by atoms with Gasteiger partial charge in [-0.15, -0.1) is 0 Å². The Hall–Kier alpha value is -0.720. The van der Waals surface area contributed by atoms with E-state index in [0.29, 0.717) is 24.0 Å². The molecule has 102 valence electrons. The first kappa shape index (κ1) is 15.3. The van der Waals surface area contributed by atoms with Gasteiger partial charge in [-0.3, -0.25) is 0 Å². The molecule has 0 amide bonds. The van der Waals surface area contributed by atoms with Crippen LogP contribution >= 0.6 is 15.9 Å². The topological polar surface area (TPSA) is 47.3 Å². The molecule has 1 aromatic carbocycles. The van der Waals surface area contributed by atoms with Gasteiger partial charge in [0.2, 0.25) is 0 Å². The van der Waals surface area contributed by atoms with Crippen molar-refractivity contribution in [1.82, 2.24) is 0 Å². The summed E-state index contributed by atoms with van der Waals surface area (Å²) in [5.41, 5.74) is 5.30. The van der Waals surface area contributed by atoms with Crippen LogP contribution in [0.25, 0.3) is 0 Å². The van der Waals surface area contributed by atoms with E-state index >= 15 is 0 Å². The van der Waals surface area contributed by atoms with Crippen molar-refractivity contribution < 1.29 is 13.5 Å². The molecule has 0 bridgehead atoms. The number of ether oxygens (including phenoxy) is 1. The van der Waals surface area contributed by atoms with Crippen molar-refractivity contribution in [1.29, 1.82) is 0 Å². The third-order valence-corrected chi connectivity index (χ3v) is 2.94. The summed E-state index contributed by atoms with van der Waals surface area (Å²) in [6.07, 6.45) is 1.46. The van der Waals surface area contributed by atoms with Crippen LogP contribution in [0.3, 0.4) is 0 Å². The highest BCUT2D eigenvalue weighted by atomic mass is 79.9. The van der Waals surface area contributed by atoms with E-state index in [1.807, 2.05) is 0 Å². The Morgan fingerprint density at radius 1 is 1.39 bits per heavy atom. The Morgan fingerprint density at radius 2 is 2.00 bits per heavy atom. The molecule has 0 heterocycles. The van der Waals surface area contributed by atoms with Crippen LogP contribution in [0.1, 0.15) is 12.8 Å². The van der Waals surface area contributed by atoms with Gasteiger partial charge >= 0.3 is 0 Å². The van der Waals surface area contributed by atoms with E-state index in [-0.39, 0.29) is 11.7 Å². The van der Waals surface area contributed by atoms with Crippen LogP contribution in [-0.4, -0.2) is 26.3 Å². The van der Waals surface area contributed by atoms with Crippen molar-refractivity contribution in [2.45, 2.75) is 18.9 Å². The number of rotatable bonds is 7. The zero-order valence-electron chi connectivity index (χ0n) is 10.2. The molecular formula is C12H17BrF2N2O. The number of hydrogen-bond acceptors (Lipinski definition) is 3. The maximum absolute atomic E-state index is 13.6. The third-order valence-electron chi connectivity index (χ3n) is 2.48. The van der Waals surface area contributed by atoms with E-state index in [1.165, 1.54) is 12.1 Å². The fourth-order valence-corrected chi connectivity index (χ4v) is 2.05. The number of methoxy groups -OCH3 is 1. The third kappa shape index (κ3) is 4.51. The van der Waals surface area contributed by atoms with Crippen molar-refractivity contribution >= 4 is 21.6 Å². The van der Waals surface area contributed by atoms with Crippen LogP contribution in [0.4, 0.5) is 14.5 Å². The van der Waals surface area contributed by atoms with Crippen molar-refractivity contribution in [2.24, 2.45) is 5.73 Å². The molecule has 18 heavy (non-hydrogen) atoms. The largest absolute Gasteiger partial charge is 0.383 e. The van der Waals surface area contributed by atoms with Crippen LogP contribution in [0.5, 0.6) is 0 Å². The Bertz CT molecular complexity index is 367. The molecule has 0 fully saturated rings. The standard InChI is InChI=1S/C12H17BrF2N2O/c1-18-7-9(3-2-4-16)17-12-10(14)5-8(13)6-11(12)15/h5-6,9,17H,2-4,7,16H2,1H3. The normalized spacial score (nSPS) is 12.5. The number of nitrogens with two attached hydrogens (primary N) is 1. The fourth-order valence-electron chi connectivity index (χ4n) is 1.65. The van der Waals surface area contributed by atoms with Gasteiger partial charge in [0, 0.05) is 17.6 Å². The van der Waals surface area contributed by atoms with Gasteiger partial charge in [0.25, 0.3) is 0 Å². The summed E-state index contributed by atoms with van der Waals surface area (Å²) in [5.74, 6) is -1.26. The number of hydrogen-bond donors (Lipinski definition) is 2. The number of benzene rings is 1. The first-order valence-electron chi connectivity index (χ1n) is 5.68. The van der Waals surface area contributed by atoms with Crippen LogP contribution in [0.2, 0.25) is 0 Å². The van der Waals surface area contributed by atoms with E-state index in [1.54, 1.807) is 7.11 Å². The zero-order valence-corrected chi connectivity index (χ0v) is 11.8. The van der Waals surface area contributed by atoms with E-state index in [9.17, 15) is 8.78 Å². The minimum Gasteiger partial charge on any atom is -0.383 e. The number of nitrogens with one attached hydrogen (secondary N) is 1. The summed E-state index contributed by atoms with van der Waals surface area (Å²) in [6.45, 7) is 0.905. The van der Waals surface area contributed by atoms with E-state index in [2.05, 4.69) is 21.2 Å². The summed E-state index contributed by atoms with van der Waals surface area (Å²) >= 11 is 3.04. The molecular weight excluding hydrogens is 306 g/mol. The lowest BCUT2D eigenvalue weighted by atomic mass is 10.1. The average Bonchev–Trinajstić information content (AvgIpc) is 2.30. The molecule has 1 rings (SSSR count). The summed E-state index contributed by atoms with van der Waals surface area (Å²) in [6, 6.07) is 2.28. The van der Waals surface area contributed by atoms with E-state index < -0.39 is 11.6 Å². The first-order chi connectivity index (χ1) is 8.58. The molecule has 0 aliphatic carbocycles. The SMILES string of the molecule is COCC(CCCN)Nc1c(F)cc(Br)cc1F. The molecule has 0 radical (unpaired) electrons. The molecule has 0 spiro atoms. The molecule has 0 aromatic heterocycles. The summed E-state index contributed by atoms with van der Waals surface area (Å²) in [7, 11) is 1.55. The number of halogens is 3. The highest BCUT2D eigenvalue weighted by Crippen LogP contribution is 2.24. The van der Waals surface area contributed by atoms with Crippen molar-refractivity contribution in [3.63, 3.8) is 0 Å². The van der Waals surface area contributed by atoms with Gasteiger partial charge in [0.1, 0.15) is 17.3 Å². The van der Waals surface area contributed by atoms with Crippen molar-refractivity contribution in [3.8, 4) is 0 Å². The molecule has 0 saturated heterocycles. The predicted octanol–water partition coefficient (Wildman–Crippen LogP) is 2.89. The Morgan fingerprint density at radius 3 is 2.50 bits per heavy atom. The maximum Gasteiger partial charge on any atom is 0.150 e. The number of anilines is 1.